The van der Waals surface area contributed by atoms with Gasteiger partial charge < -0.3 is 14.8 Å². The Balaban J connectivity index is 1.67. The van der Waals surface area contributed by atoms with Gasteiger partial charge in [0, 0.05) is 22.6 Å². The van der Waals surface area contributed by atoms with E-state index < -0.39 is 0 Å². The fourth-order valence-electron chi connectivity index (χ4n) is 2.17. The highest BCUT2D eigenvalue weighted by Gasteiger charge is 2.15. The smallest absolute Gasteiger partial charge is 0.296 e. The van der Waals surface area contributed by atoms with Crippen LogP contribution in [0, 0.1) is 18.8 Å². The van der Waals surface area contributed by atoms with Crippen LogP contribution in [0.1, 0.15) is 34.8 Å². The minimum absolute atomic E-state index is 0.104. The molecule has 1 aliphatic heterocycles. The molecule has 1 aromatic carbocycles. The Morgan fingerprint density at radius 2 is 2.26 bits per heavy atom. The summed E-state index contributed by atoms with van der Waals surface area (Å²) in [6, 6.07) is 5.25. The highest BCUT2D eigenvalue weighted by atomic mass is 32.1. The van der Waals surface area contributed by atoms with E-state index in [2.05, 4.69) is 22.1 Å². The molecular formula is C17H16N2O3S. The van der Waals surface area contributed by atoms with Crippen LogP contribution < -0.4 is 14.8 Å². The molecule has 3 rings (SSSR count). The van der Waals surface area contributed by atoms with E-state index in [0.29, 0.717) is 17.1 Å². The van der Waals surface area contributed by atoms with Crippen molar-refractivity contribution in [3.63, 3.8) is 0 Å². The number of amides is 1. The molecule has 0 saturated heterocycles. The monoisotopic (exact) mass is 328 g/mol. The van der Waals surface area contributed by atoms with Crippen LogP contribution in [0.4, 0.5) is 0 Å². The lowest BCUT2D eigenvalue weighted by atomic mass is 10.2. The summed E-state index contributed by atoms with van der Waals surface area (Å²) in [6.07, 6.45) is 2.58. The minimum atomic E-state index is -0.317. The number of ether oxygens (including phenoxy) is 2. The maximum Gasteiger partial charge on any atom is 0.296 e. The summed E-state index contributed by atoms with van der Waals surface area (Å²) >= 11 is 1.59. The van der Waals surface area contributed by atoms with Crippen molar-refractivity contribution < 1.29 is 14.3 Å². The van der Waals surface area contributed by atoms with Gasteiger partial charge in [0.2, 0.25) is 6.79 Å². The van der Waals surface area contributed by atoms with Gasteiger partial charge in [-0.2, -0.15) is 0 Å². The lowest BCUT2D eigenvalue weighted by Crippen LogP contribution is -2.26. The zero-order valence-corrected chi connectivity index (χ0v) is 13.7. The largest absolute Gasteiger partial charge is 0.454 e. The van der Waals surface area contributed by atoms with Gasteiger partial charge in [-0.3, -0.25) is 4.79 Å². The Morgan fingerprint density at radius 1 is 1.43 bits per heavy atom. The van der Waals surface area contributed by atoms with Gasteiger partial charge in [-0.1, -0.05) is 12.8 Å². The molecule has 1 N–H and O–H groups in total. The van der Waals surface area contributed by atoms with Crippen LogP contribution in [-0.4, -0.2) is 17.7 Å². The van der Waals surface area contributed by atoms with Crippen LogP contribution in [0.25, 0.3) is 0 Å². The van der Waals surface area contributed by atoms with E-state index in [1.807, 2.05) is 20.0 Å². The van der Waals surface area contributed by atoms with Crippen LogP contribution in [0.15, 0.2) is 24.4 Å². The van der Waals surface area contributed by atoms with E-state index >= 15 is 0 Å². The van der Waals surface area contributed by atoms with E-state index in [-0.39, 0.29) is 18.7 Å². The molecule has 2 aromatic rings. The van der Waals surface area contributed by atoms with Gasteiger partial charge in [0.05, 0.1) is 6.04 Å². The second-order valence-electron chi connectivity index (χ2n) is 5.06. The van der Waals surface area contributed by atoms with Crippen LogP contribution >= 0.6 is 11.3 Å². The standard InChI is InChI=1S/C17H16N2O3S/c1-3-13(17-18-9-11(2)23-17)19-16(20)7-5-12-4-6-14-15(8-12)22-10-21-14/h4,6,8-9,13H,3,10H2,1-2H3,(H,19,20). The summed E-state index contributed by atoms with van der Waals surface area (Å²) in [4.78, 5) is 17.5. The molecule has 0 spiro atoms. The van der Waals surface area contributed by atoms with Gasteiger partial charge in [-0.25, -0.2) is 4.98 Å². The van der Waals surface area contributed by atoms with Crippen molar-refractivity contribution in [2.24, 2.45) is 0 Å². The Labute approximate surface area is 138 Å². The molecule has 1 aliphatic rings. The molecule has 1 unspecified atom stereocenters. The molecule has 0 fully saturated rings. The van der Waals surface area contributed by atoms with E-state index in [4.69, 9.17) is 9.47 Å². The highest BCUT2D eigenvalue weighted by Crippen LogP contribution is 2.32. The summed E-state index contributed by atoms with van der Waals surface area (Å²) in [7, 11) is 0. The number of carbonyl (C=O) groups excluding carboxylic acids is 1. The topological polar surface area (TPSA) is 60.5 Å². The molecule has 1 aromatic heterocycles. The molecule has 0 saturated carbocycles. The predicted octanol–water partition coefficient (Wildman–Crippen LogP) is 2.80. The van der Waals surface area contributed by atoms with E-state index in [1.54, 1.807) is 29.5 Å². The van der Waals surface area contributed by atoms with Crippen molar-refractivity contribution in [1.29, 1.82) is 0 Å². The van der Waals surface area contributed by atoms with Crippen molar-refractivity contribution in [3.05, 3.63) is 39.8 Å². The number of hydrogen-bond acceptors (Lipinski definition) is 5. The first-order chi connectivity index (χ1) is 11.2. The maximum absolute atomic E-state index is 12.0. The van der Waals surface area contributed by atoms with Crippen LogP contribution in [0.2, 0.25) is 0 Å². The average molecular weight is 328 g/mol. The maximum atomic E-state index is 12.0. The molecular weight excluding hydrogens is 312 g/mol. The summed E-state index contributed by atoms with van der Waals surface area (Å²) in [5, 5.41) is 3.80. The van der Waals surface area contributed by atoms with Gasteiger partial charge in [0.15, 0.2) is 11.5 Å². The first-order valence-corrected chi connectivity index (χ1v) is 8.12. The normalized spacial score (nSPS) is 13.1. The lowest BCUT2D eigenvalue weighted by molar-refractivity contribution is -0.116. The Morgan fingerprint density at radius 3 is 3.00 bits per heavy atom. The number of hydrogen-bond donors (Lipinski definition) is 1. The van der Waals surface area contributed by atoms with Gasteiger partial charge in [0.1, 0.15) is 5.01 Å². The highest BCUT2D eigenvalue weighted by molar-refractivity contribution is 7.11. The van der Waals surface area contributed by atoms with Crippen molar-refractivity contribution in [1.82, 2.24) is 10.3 Å². The zero-order chi connectivity index (χ0) is 16.2. The molecule has 0 radical (unpaired) electrons. The summed E-state index contributed by atoms with van der Waals surface area (Å²) in [5.41, 5.74) is 0.711. The average Bonchev–Trinajstić information content (AvgIpc) is 3.18. The van der Waals surface area contributed by atoms with Gasteiger partial charge >= 0.3 is 0 Å². The number of benzene rings is 1. The number of aromatic nitrogens is 1. The summed E-state index contributed by atoms with van der Waals surface area (Å²) in [5.74, 6) is 6.49. The molecule has 2 heterocycles. The number of thiazole rings is 1. The van der Waals surface area contributed by atoms with Crippen LogP contribution in [0.3, 0.4) is 0 Å². The molecule has 6 heteroatoms. The second kappa shape index (κ2) is 6.71. The summed E-state index contributed by atoms with van der Waals surface area (Å²) < 4.78 is 10.5. The number of nitrogens with one attached hydrogen (secondary N) is 1. The van der Waals surface area contributed by atoms with Crippen molar-refractivity contribution in [2.45, 2.75) is 26.3 Å². The number of rotatable bonds is 3. The molecule has 0 aliphatic carbocycles. The zero-order valence-electron chi connectivity index (χ0n) is 12.9. The lowest BCUT2D eigenvalue weighted by Gasteiger charge is -2.11. The molecule has 1 amide bonds. The van der Waals surface area contributed by atoms with E-state index in [0.717, 1.165) is 16.3 Å². The molecule has 1 atom stereocenters. The SMILES string of the molecule is CCC(NC(=O)C#Cc1ccc2c(c1)OCO2)c1ncc(C)s1. The third-order valence-electron chi connectivity index (χ3n) is 3.34. The van der Waals surface area contributed by atoms with Crippen LogP contribution in [-0.2, 0) is 4.79 Å². The third kappa shape index (κ3) is 3.63. The quantitative estimate of drug-likeness (QED) is 0.880. The van der Waals surface area contributed by atoms with Crippen LogP contribution in [0.5, 0.6) is 11.5 Å². The fraction of sp³-hybridized carbons (Fsp3) is 0.294. The van der Waals surface area contributed by atoms with Gasteiger partial charge in [0.25, 0.3) is 5.91 Å². The predicted molar refractivity (Wildman–Crippen MR) is 87.5 cm³/mol. The van der Waals surface area contributed by atoms with E-state index in [9.17, 15) is 4.79 Å². The van der Waals surface area contributed by atoms with Crippen molar-refractivity contribution in [2.75, 3.05) is 6.79 Å². The first kappa shape index (κ1) is 15.4. The molecule has 5 nitrogen and oxygen atoms in total. The molecule has 0 bridgehead atoms. The number of aryl methyl sites for hydroxylation is 1. The van der Waals surface area contributed by atoms with Gasteiger partial charge in [-0.15, -0.1) is 11.3 Å². The number of nitrogens with zero attached hydrogens (tertiary/aromatic N) is 1. The molecule has 23 heavy (non-hydrogen) atoms. The van der Waals surface area contributed by atoms with Crippen molar-refractivity contribution in [3.8, 4) is 23.3 Å². The Hall–Kier alpha value is -2.52. The Bertz CT molecular complexity index is 789. The third-order valence-corrected chi connectivity index (χ3v) is 4.37. The fourth-order valence-corrected chi connectivity index (χ4v) is 3.08. The van der Waals surface area contributed by atoms with Gasteiger partial charge in [-0.05, 0) is 31.5 Å². The second-order valence-corrected chi connectivity index (χ2v) is 6.33. The number of fused-ring (bicyclic) bond motifs is 1. The summed E-state index contributed by atoms with van der Waals surface area (Å²) in [6.45, 7) is 4.22. The van der Waals surface area contributed by atoms with E-state index in [1.165, 1.54) is 0 Å². The van der Waals surface area contributed by atoms with Crippen molar-refractivity contribution >= 4 is 17.2 Å². The number of carbonyl (C=O) groups is 1. The first-order valence-electron chi connectivity index (χ1n) is 7.30. The Kier molecular flexibility index (Phi) is 4.49. The molecule has 118 valence electrons. The minimum Gasteiger partial charge on any atom is -0.454 e.